The molecule has 0 spiro atoms. The molecule has 0 saturated heterocycles. The summed E-state index contributed by atoms with van der Waals surface area (Å²) in [6.45, 7) is 5.68. The number of anilines is 1. The maximum atomic E-state index is 14.3. The summed E-state index contributed by atoms with van der Waals surface area (Å²) < 4.78 is 5.36. The highest BCUT2D eigenvalue weighted by Crippen LogP contribution is 2.33. The van der Waals surface area contributed by atoms with E-state index in [2.05, 4.69) is 30.9 Å². The first-order chi connectivity index (χ1) is 23.9. The van der Waals surface area contributed by atoms with Gasteiger partial charge in [0.1, 0.15) is 16.8 Å². The van der Waals surface area contributed by atoms with Crippen molar-refractivity contribution in [3.63, 3.8) is 0 Å². The largest absolute Gasteiger partial charge is 0.483 e. The molecular weight excluding hydrogens is 664 g/mol. The molecule has 264 valence electrons. The molecule has 4 aromatic rings. The Morgan fingerprint density at radius 1 is 1.06 bits per heavy atom. The summed E-state index contributed by atoms with van der Waals surface area (Å²) in [6, 6.07) is 17.5. The van der Waals surface area contributed by atoms with E-state index in [9.17, 15) is 14.4 Å². The number of aromatic nitrogens is 5. The van der Waals surface area contributed by atoms with Gasteiger partial charge in [-0.1, -0.05) is 35.9 Å². The minimum Gasteiger partial charge on any atom is -0.483 e. The number of nitrogens with zero attached hydrogens (tertiary/aromatic N) is 5. The number of tetrazole rings is 1. The topological polar surface area (TPSA) is 206 Å². The molecule has 0 aliphatic heterocycles. The molecule has 3 amide bonds. The number of hydrogen-bond acceptors (Lipinski definition) is 9. The third kappa shape index (κ3) is 10.3. The number of carbonyl (C=O) groups excluding carboxylic acids is 3. The molecule has 14 nitrogen and oxygen atoms in total. The highest BCUT2D eigenvalue weighted by molar-refractivity contribution is 6.32. The average molecular weight is 705 g/mol. The van der Waals surface area contributed by atoms with Crippen LogP contribution < -0.4 is 16.0 Å². The minimum atomic E-state index is -0.946. The lowest BCUT2D eigenvalue weighted by Gasteiger charge is -2.36. The van der Waals surface area contributed by atoms with E-state index in [1.54, 1.807) is 30.5 Å². The first-order valence-electron chi connectivity index (χ1n) is 16.1. The summed E-state index contributed by atoms with van der Waals surface area (Å²) in [5, 5.41) is 24.2. The second-order valence-electron chi connectivity index (χ2n) is 12.9. The number of carbonyl (C=O) groups is 4. The van der Waals surface area contributed by atoms with E-state index in [0.717, 1.165) is 29.5 Å². The Morgan fingerprint density at radius 2 is 1.70 bits per heavy atom. The van der Waals surface area contributed by atoms with Gasteiger partial charge in [0.2, 0.25) is 17.6 Å². The highest BCUT2D eigenvalue weighted by Gasteiger charge is 2.36. The Kier molecular flexibility index (Phi) is 13.0. The van der Waals surface area contributed by atoms with Crippen molar-refractivity contribution in [2.45, 2.75) is 64.5 Å². The number of halogens is 1. The van der Waals surface area contributed by atoms with Crippen LogP contribution in [0.3, 0.4) is 0 Å². The first-order valence-corrected chi connectivity index (χ1v) is 16.5. The predicted octanol–water partition coefficient (Wildman–Crippen LogP) is 5.04. The fourth-order valence-corrected chi connectivity index (χ4v) is 6.06. The maximum absolute atomic E-state index is 14.3. The zero-order chi connectivity index (χ0) is 36.3. The second-order valence-corrected chi connectivity index (χ2v) is 13.2. The van der Waals surface area contributed by atoms with Crippen molar-refractivity contribution in [1.82, 2.24) is 30.9 Å². The molecule has 1 fully saturated rings. The Labute approximate surface area is 294 Å². The van der Waals surface area contributed by atoms with Gasteiger partial charge in [0.25, 0.3) is 6.47 Å². The van der Waals surface area contributed by atoms with Crippen molar-refractivity contribution < 1.29 is 29.0 Å². The molecule has 1 aliphatic rings. The van der Waals surface area contributed by atoms with Crippen LogP contribution in [0.15, 0.2) is 66.9 Å². The number of nitrogens with two attached hydrogens (primary N) is 1. The van der Waals surface area contributed by atoms with Crippen LogP contribution in [0.4, 0.5) is 10.5 Å². The van der Waals surface area contributed by atoms with E-state index < -0.39 is 23.6 Å². The average Bonchev–Trinajstić information content (AvgIpc) is 3.63. The van der Waals surface area contributed by atoms with Gasteiger partial charge in [0.15, 0.2) is 0 Å². The molecule has 50 heavy (non-hydrogen) atoms. The lowest BCUT2D eigenvalue weighted by Crippen LogP contribution is -2.52. The number of nitrogens with one attached hydrogen (secondary N) is 2. The van der Waals surface area contributed by atoms with Gasteiger partial charge in [-0.25, -0.2) is 9.78 Å². The number of hydrogen-bond donors (Lipinski definition) is 4. The van der Waals surface area contributed by atoms with Crippen LogP contribution in [0.1, 0.15) is 52.0 Å². The molecule has 2 heterocycles. The standard InChI is InChI=1S/C34H39ClN8O4.CH2O2/c1-34(2,3)47-33(46)38-20-22-8-12-25(13-9-22)32(45)43(26-16-14-24(15-17-26)31-39-41-42-40-31)28(30(36)44)19-21-6-10-23(11-7-21)27-5-4-18-37-29(27)35;2-1-3/h4-7,10-11,14-18,22,25,28H,8-9,12-13,19-20H2,1-3H3,(H2,36,44)(H,38,46)(H,39,40,41,42);1H,(H,2,3)/t22?,25?,28-;/m0./s1. The van der Waals surface area contributed by atoms with Crippen LogP contribution >= 0.6 is 11.6 Å². The third-order valence-corrected chi connectivity index (χ3v) is 8.51. The highest BCUT2D eigenvalue weighted by atomic mass is 35.5. The molecule has 5 N–H and O–H groups in total. The number of primary amides is 1. The quantitative estimate of drug-likeness (QED) is 0.128. The van der Waals surface area contributed by atoms with Crippen molar-refractivity contribution in [3.05, 3.63) is 77.6 Å². The number of rotatable bonds is 10. The van der Waals surface area contributed by atoms with Gasteiger partial charge in [0, 0.05) is 41.9 Å². The van der Waals surface area contributed by atoms with E-state index in [4.69, 9.17) is 32.0 Å². The van der Waals surface area contributed by atoms with Gasteiger partial charge >= 0.3 is 6.09 Å². The molecule has 0 unspecified atom stereocenters. The second kappa shape index (κ2) is 17.3. The number of H-pyrrole nitrogens is 1. The molecular formula is C35H41ClN8O6. The number of carboxylic acid groups (broad SMARTS) is 1. The van der Waals surface area contributed by atoms with Crippen molar-refractivity contribution >= 4 is 41.7 Å². The molecule has 0 radical (unpaired) electrons. The summed E-state index contributed by atoms with van der Waals surface area (Å²) in [5.74, 6) is -0.476. The van der Waals surface area contributed by atoms with E-state index >= 15 is 0 Å². The van der Waals surface area contributed by atoms with E-state index in [0.29, 0.717) is 41.6 Å². The Balaban J connectivity index is 0.00000181. The molecule has 2 aromatic carbocycles. The van der Waals surface area contributed by atoms with E-state index in [-0.39, 0.29) is 30.6 Å². The minimum absolute atomic E-state index is 0.168. The first kappa shape index (κ1) is 37.4. The Hall–Kier alpha value is -5.37. The molecule has 5 rings (SSSR count). The lowest BCUT2D eigenvalue weighted by atomic mass is 9.81. The van der Waals surface area contributed by atoms with Crippen molar-refractivity contribution in [2.24, 2.45) is 17.6 Å². The van der Waals surface area contributed by atoms with Gasteiger partial charge in [-0.15, -0.1) is 10.2 Å². The monoisotopic (exact) mass is 704 g/mol. The van der Waals surface area contributed by atoms with E-state index in [1.807, 2.05) is 57.2 Å². The predicted molar refractivity (Wildman–Crippen MR) is 187 cm³/mol. The Morgan fingerprint density at radius 3 is 2.26 bits per heavy atom. The normalized spacial score (nSPS) is 16.2. The SMILES string of the molecule is CC(C)(C)OC(=O)NCC1CCC(C(=O)N(c2ccc(-c3nn[nH]n3)cc2)[C@@H](Cc2ccc(-c3cccnc3Cl)cc2)C(N)=O)CC1.O=CO. The van der Waals surface area contributed by atoms with Crippen LogP contribution in [0, 0.1) is 11.8 Å². The van der Waals surface area contributed by atoms with Crippen LogP contribution in [-0.4, -0.2) is 73.3 Å². The van der Waals surface area contributed by atoms with Crippen LogP contribution in [0.5, 0.6) is 0 Å². The lowest BCUT2D eigenvalue weighted by molar-refractivity contribution is -0.127. The third-order valence-electron chi connectivity index (χ3n) is 8.21. The summed E-state index contributed by atoms with van der Waals surface area (Å²) in [5.41, 5.74) is 9.20. The number of amides is 3. The van der Waals surface area contributed by atoms with Gasteiger partial charge in [-0.3, -0.25) is 19.3 Å². The fraction of sp³-hybridized carbons (Fsp3) is 0.371. The van der Waals surface area contributed by atoms with Crippen LogP contribution in [-0.2, 0) is 25.5 Å². The number of alkyl carbamates (subject to hydrolysis) is 1. The van der Waals surface area contributed by atoms with Crippen LogP contribution in [0.2, 0.25) is 5.15 Å². The van der Waals surface area contributed by atoms with Gasteiger partial charge in [0.05, 0.1) is 0 Å². The zero-order valence-electron chi connectivity index (χ0n) is 28.1. The van der Waals surface area contributed by atoms with Crippen molar-refractivity contribution in [3.8, 4) is 22.5 Å². The zero-order valence-corrected chi connectivity index (χ0v) is 28.8. The van der Waals surface area contributed by atoms with Gasteiger partial charge < -0.3 is 20.9 Å². The fourth-order valence-electron chi connectivity index (χ4n) is 5.83. The molecule has 1 saturated carbocycles. The Bertz CT molecular complexity index is 1720. The summed E-state index contributed by atoms with van der Waals surface area (Å²) in [6.07, 6.45) is 4.11. The van der Waals surface area contributed by atoms with Gasteiger partial charge in [-0.2, -0.15) is 5.21 Å². The van der Waals surface area contributed by atoms with Crippen LogP contribution in [0.25, 0.3) is 22.5 Å². The molecule has 2 aromatic heterocycles. The smallest absolute Gasteiger partial charge is 0.407 e. The van der Waals surface area contributed by atoms with Gasteiger partial charge in [-0.05, 0) is 105 Å². The molecule has 15 heteroatoms. The van der Waals surface area contributed by atoms with Crippen molar-refractivity contribution in [1.29, 1.82) is 0 Å². The summed E-state index contributed by atoms with van der Waals surface area (Å²) >= 11 is 6.30. The summed E-state index contributed by atoms with van der Waals surface area (Å²) in [4.78, 5) is 53.6. The number of ether oxygens (including phenoxy) is 1. The number of pyridine rings is 1. The molecule has 1 atom stereocenters. The molecule has 1 aliphatic carbocycles. The summed E-state index contributed by atoms with van der Waals surface area (Å²) in [7, 11) is 0. The number of aromatic amines is 1. The van der Waals surface area contributed by atoms with Crippen molar-refractivity contribution in [2.75, 3.05) is 11.4 Å². The molecule has 0 bridgehead atoms. The van der Waals surface area contributed by atoms with E-state index in [1.165, 1.54) is 4.90 Å². The number of benzene rings is 2. The maximum Gasteiger partial charge on any atom is 0.407 e.